The van der Waals surface area contributed by atoms with Crippen LogP contribution in [0.4, 0.5) is 4.39 Å². The lowest BCUT2D eigenvalue weighted by Gasteiger charge is -2.26. The van der Waals surface area contributed by atoms with Gasteiger partial charge in [0.2, 0.25) is 0 Å². The molecule has 22 heavy (non-hydrogen) atoms. The summed E-state index contributed by atoms with van der Waals surface area (Å²) in [7, 11) is 0. The van der Waals surface area contributed by atoms with Gasteiger partial charge in [0.25, 0.3) is 0 Å². The van der Waals surface area contributed by atoms with E-state index < -0.39 is 0 Å². The predicted molar refractivity (Wildman–Crippen MR) is 92.0 cm³/mol. The molecule has 0 nitrogen and oxygen atoms in total. The van der Waals surface area contributed by atoms with Crippen LogP contribution in [0.25, 0.3) is 0 Å². The van der Waals surface area contributed by atoms with Crippen molar-refractivity contribution in [3.05, 3.63) is 47.8 Å². The molecule has 1 aliphatic carbocycles. The minimum Gasteiger partial charge on any atom is -0.207 e. The van der Waals surface area contributed by atoms with Crippen LogP contribution in [0.15, 0.2) is 36.4 Å². The highest BCUT2D eigenvalue weighted by Gasteiger charge is 2.18. The van der Waals surface area contributed by atoms with Crippen molar-refractivity contribution in [2.75, 3.05) is 0 Å². The second kappa shape index (κ2) is 9.46. The van der Waals surface area contributed by atoms with Gasteiger partial charge in [0.15, 0.2) is 0 Å². The highest BCUT2D eigenvalue weighted by Crippen LogP contribution is 2.32. The molecule has 0 unspecified atom stereocenters. The fourth-order valence-corrected chi connectivity index (χ4v) is 3.19. The molecule has 0 radical (unpaired) electrons. The predicted octanol–water partition coefficient (Wildman–Crippen LogP) is 6.12. The number of allylic oxidation sites excluding steroid dienone is 2. The highest BCUT2D eigenvalue weighted by molar-refractivity contribution is 5.36. The monoisotopic (exact) mass is 298 g/mol. The quantitative estimate of drug-likeness (QED) is 0.454. The number of hydrogen-bond donors (Lipinski definition) is 0. The largest absolute Gasteiger partial charge is 0.207 e. The van der Waals surface area contributed by atoms with Gasteiger partial charge >= 0.3 is 0 Å². The maximum atomic E-state index is 12.8. The van der Waals surface area contributed by atoms with Gasteiger partial charge in [-0.05, 0) is 67.9 Å². The first-order chi connectivity index (χ1) is 10.8. The van der Waals surface area contributed by atoms with Gasteiger partial charge in [-0.3, -0.25) is 0 Å². The molecule has 0 heterocycles. The first-order valence-corrected chi connectivity index (χ1v) is 8.71. The molecule has 1 aromatic rings. The molecule has 0 aromatic heterocycles. The van der Waals surface area contributed by atoms with Gasteiger partial charge in [0, 0.05) is 5.56 Å². The van der Waals surface area contributed by atoms with E-state index in [4.69, 9.17) is 0 Å². The Morgan fingerprint density at radius 2 is 1.82 bits per heavy atom. The normalized spacial score (nSPS) is 21.5. The van der Waals surface area contributed by atoms with Crippen LogP contribution in [-0.2, 0) is 0 Å². The summed E-state index contributed by atoms with van der Waals surface area (Å²) in [4.78, 5) is 0. The summed E-state index contributed by atoms with van der Waals surface area (Å²) in [6, 6.07) is 6.34. The van der Waals surface area contributed by atoms with Gasteiger partial charge < -0.3 is 0 Å². The van der Waals surface area contributed by atoms with Crippen LogP contribution in [0.3, 0.4) is 0 Å². The van der Waals surface area contributed by atoms with E-state index in [1.165, 1.54) is 63.5 Å². The smallest absolute Gasteiger partial charge is 0.123 e. The third kappa shape index (κ3) is 6.06. The molecule has 2 rings (SSSR count). The van der Waals surface area contributed by atoms with E-state index in [2.05, 4.69) is 24.8 Å². The number of halogens is 1. The van der Waals surface area contributed by atoms with Crippen LogP contribution in [0, 0.1) is 29.5 Å². The van der Waals surface area contributed by atoms with Gasteiger partial charge in [0.05, 0.1) is 0 Å². The Labute approximate surface area is 134 Å². The number of unbranched alkanes of at least 4 members (excludes halogenated alkanes) is 2. The number of benzene rings is 1. The lowest BCUT2D eigenvalue weighted by Crippen LogP contribution is -2.12. The average molecular weight is 298 g/mol. The van der Waals surface area contributed by atoms with Crippen molar-refractivity contribution < 1.29 is 4.39 Å². The molecule has 0 spiro atoms. The molecular formula is C21H27F. The van der Waals surface area contributed by atoms with Crippen molar-refractivity contribution in [1.29, 1.82) is 0 Å². The highest BCUT2D eigenvalue weighted by atomic mass is 19.1. The number of hydrogen-bond acceptors (Lipinski definition) is 0. The van der Waals surface area contributed by atoms with E-state index in [0.29, 0.717) is 5.92 Å². The lowest BCUT2D eigenvalue weighted by molar-refractivity contribution is 0.289. The van der Waals surface area contributed by atoms with Crippen LogP contribution in [0.2, 0.25) is 0 Å². The third-order valence-electron chi connectivity index (χ3n) is 4.62. The topological polar surface area (TPSA) is 0 Å². The lowest BCUT2D eigenvalue weighted by atomic mass is 9.79. The molecule has 0 N–H and O–H groups in total. The molecule has 1 aliphatic rings. The summed E-state index contributed by atoms with van der Waals surface area (Å²) in [5.41, 5.74) is 0.866. The molecule has 0 atom stereocenters. The summed E-state index contributed by atoms with van der Waals surface area (Å²) < 4.78 is 12.8. The van der Waals surface area contributed by atoms with Crippen molar-refractivity contribution >= 4 is 0 Å². The van der Waals surface area contributed by atoms with Gasteiger partial charge in [-0.2, -0.15) is 0 Å². The van der Waals surface area contributed by atoms with E-state index in [0.717, 1.165) is 11.5 Å². The van der Waals surface area contributed by atoms with Crippen molar-refractivity contribution in [2.45, 2.75) is 58.3 Å². The van der Waals surface area contributed by atoms with Gasteiger partial charge in [-0.1, -0.05) is 50.5 Å². The maximum absolute atomic E-state index is 12.8. The van der Waals surface area contributed by atoms with Crippen LogP contribution in [0.5, 0.6) is 0 Å². The van der Waals surface area contributed by atoms with E-state index in [1.807, 2.05) is 6.08 Å². The molecule has 118 valence electrons. The minimum atomic E-state index is -0.211. The van der Waals surface area contributed by atoms with E-state index in [-0.39, 0.29) is 5.82 Å². The summed E-state index contributed by atoms with van der Waals surface area (Å²) in [5.74, 6) is 7.57. The van der Waals surface area contributed by atoms with Gasteiger partial charge in [-0.25, -0.2) is 4.39 Å². The van der Waals surface area contributed by atoms with E-state index in [1.54, 1.807) is 12.1 Å². The van der Waals surface area contributed by atoms with Crippen LogP contribution < -0.4 is 0 Å². The zero-order valence-corrected chi connectivity index (χ0v) is 13.7. The molecule has 1 saturated carbocycles. The van der Waals surface area contributed by atoms with E-state index in [9.17, 15) is 4.39 Å². The summed E-state index contributed by atoms with van der Waals surface area (Å²) in [6.07, 6.45) is 15.2. The van der Waals surface area contributed by atoms with E-state index >= 15 is 0 Å². The van der Waals surface area contributed by atoms with Crippen molar-refractivity contribution in [2.24, 2.45) is 11.8 Å². The fraction of sp³-hybridized carbons (Fsp3) is 0.524. The standard InChI is InChI=1S/C21H27F/c1-2-3-4-7-18-10-12-19(13-11-18)8-5-6-9-20-14-16-21(22)17-15-20/h5,8,14-19H,2-4,7,10-13H2,1H3/b8-5+/t18-,19-. The molecule has 0 aliphatic heterocycles. The van der Waals surface area contributed by atoms with Crippen LogP contribution >= 0.6 is 0 Å². The Kier molecular flexibility index (Phi) is 7.23. The number of rotatable bonds is 5. The summed E-state index contributed by atoms with van der Waals surface area (Å²) >= 11 is 0. The molecule has 0 amide bonds. The first-order valence-electron chi connectivity index (χ1n) is 8.71. The Balaban J connectivity index is 1.71. The maximum Gasteiger partial charge on any atom is 0.123 e. The molecule has 1 heteroatoms. The molecule has 1 aromatic carbocycles. The third-order valence-corrected chi connectivity index (χ3v) is 4.62. The van der Waals surface area contributed by atoms with Gasteiger partial charge in [0.1, 0.15) is 5.82 Å². The SMILES string of the molecule is CCCCC[C@H]1CC[C@H](/C=C/C#Cc2ccc(F)cc2)CC1. The van der Waals surface area contributed by atoms with Crippen molar-refractivity contribution in [3.63, 3.8) is 0 Å². The summed E-state index contributed by atoms with van der Waals surface area (Å²) in [5, 5.41) is 0. The Morgan fingerprint density at radius 1 is 1.09 bits per heavy atom. The van der Waals surface area contributed by atoms with Crippen LogP contribution in [-0.4, -0.2) is 0 Å². The van der Waals surface area contributed by atoms with Crippen molar-refractivity contribution in [3.8, 4) is 11.8 Å². The first kappa shape index (κ1) is 16.8. The van der Waals surface area contributed by atoms with Crippen molar-refractivity contribution in [1.82, 2.24) is 0 Å². The van der Waals surface area contributed by atoms with Gasteiger partial charge in [-0.15, -0.1) is 0 Å². The fourth-order valence-electron chi connectivity index (χ4n) is 3.19. The summed E-state index contributed by atoms with van der Waals surface area (Å²) in [6.45, 7) is 2.27. The van der Waals surface area contributed by atoms with Crippen LogP contribution in [0.1, 0.15) is 63.9 Å². The average Bonchev–Trinajstić information content (AvgIpc) is 2.55. The Bertz CT molecular complexity index is 507. The second-order valence-corrected chi connectivity index (χ2v) is 6.41. The molecule has 0 saturated heterocycles. The Morgan fingerprint density at radius 3 is 2.50 bits per heavy atom. The molecule has 1 fully saturated rings. The zero-order valence-electron chi connectivity index (χ0n) is 13.7. The molecule has 0 bridgehead atoms. The molecular weight excluding hydrogens is 271 g/mol. The Hall–Kier alpha value is -1.55. The zero-order chi connectivity index (χ0) is 15.6. The minimum absolute atomic E-state index is 0.211. The second-order valence-electron chi connectivity index (χ2n) is 6.41.